The summed E-state index contributed by atoms with van der Waals surface area (Å²) in [6, 6.07) is 6.83. The third-order valence-electron chi connectivity index (χ3n) is 2.84. The fourth-order valence-corrected chi connectivity index (χ4v) is 1.52. The van der Waals surface area contributed by atoms with Gasteiger partial charge in [-0.25, -0.2) is 0 Å². The number of fused-ring (bicyclic) bond motifs is 1. The lowest BCUT2D eigenvalue weighted by Crippen LogP contribution is -2.35. The van der Waals surface area contributed by atoms with Gasteiger partial charge >= 0.3 is 0 Å². The van der Waals surface area contributed by atoms with Crippen LogP contribution in [0.1, 0.15) is 12.5 Å². The van der Waals surface area contributed by atoms with Gasteiger partial charge < -0.3 is 15.1 Å². The van der Waals surface area contributed by atoms with E-state index in [0.29, 0.717) is 12.6 Å². The van der Waals surface area contributed by atoms with Crippen LogP contribution in [0, 0.1) is 6.92 Å². The second kappa shape index (κ2) is 4.14. The van der Waals surface area contributed by atoms with E-state index in [4.69, 9.17) is 10.2 Å². The molecule has 2 N–H and O–H groups in total. The zero-order chi connectivity index (χ0) is 11.7. The fraction of sp³-hybridized carbons (Fsp3) is 0.417. The van der Waals surface area contributed by atoms with Gasteiger partial charge in [0.15, 0.2) is 5.58 Å². The largest absolute Gasteiger partial charge is 0.423 e. The van der Waals surface area contributed by atoms with Gasteiger partial charge in [-0.2, -0.15) is 4.98 Å². The second-order valence-corrected chi connectivity index (χ2v) is 4.16. The average molecular weight is 219 g/mol. The minimum absolute atomic E-state index is 0.217. The number of aromatic nitrogens is 1. The van der Waals surface area contributed by atoms with Crippen molar-refractivity contribution >= 4 is 17.1 Å². The van der Waals surface area contributed by atoms with E-state index in [1.54, 1.807) is 0 Å². The Morgan fingerprint density at radius 1 is 1.50 bits per heavy atom. The van der Waals surface area contributed by atoms with E-state index >= 15 is 0 Å². The highest BCUT2D eigenvalue weighted by atomic mass is 16.4. The van der Waals surface area contributed by atoms with Crippen LogP contribution in [0.5, 0.6) is 0 Å². The first kappa shape index (κ1) is 11.0. The average Bonchev–Trinajstić information content (AvgIpc) is 2.69. The predicted octanol–water partition coefficient (Wildman–Crippen LogP) is 1.92. The summed E-state index contributed by atoms with van der Waals surface area (Å²) in [6.07, 6.45) is 0. The van der Waals surface area contributed by atoms with Crippen LogP contribution in [0.2, 0.25) is 0 Å². The number of nitrogens with two attached hydrogens (primary N) is 1. The molecule has 16 heavy (non-hydrogen) atoms. The lowest BCUT2D eigenvalue weighted by atomic mass is 10.2. The molecule has 1 aromatic carbocycles. The molecule has 0 saturated carbocycles. The molecule has 86 valence electrons. The van der Waals surface area contributed by atoms with E-state index in [1.165, 1.54) is 5.56 Å². The summed E-state index contributed by atoms with van der Waals surface area (Å²) in [5.41, 5.74) is 8.50. The third kappa shape index (κ3) is 1.88. The summed E-state index contributed by atoms with van der Waals surface area (Å²) >= 11 is 0. The molecule has 0 radical (unpaired) electrons. The number of nitrogens with zero attached hydrogens (tertiary/aromatic N) is 2. The van der Waals surface area contributed by atoms with E-state index < -0.39 is 0 Å². The van der Waals surface area contributed by atoms with Crippen LogP contribution in [-0.2, 0) is 0 Å². The van der Waals surface area contributed by atoms with Crippen LogP contribution < -0.4 is 10.6 Å². The van der Waals surface area contributed by atoms with Crippen molar-refractivity contribution in [2.75, 3.05) is 18.5 Å². The Morgan fingerprint density at radius 3 is 2.94 bits per heavy atom. The number of aryl methyl sites for hydroxylation is 1. The highest BCUT2D eigenvalue weighted by molar-refractivity contribution is 5.75. The lowest BCUT2D eigenvalue weighted by Gasteiger charge is -2.20. The summed E-state index contributed by atoms with van der Waals surface area (Å²) < 4.78 is 5.69. The van der Waals surface area contributed by atoms with Gasteiger partial charge in [-0.1, -0.05) is 6.07 Å². The Labute approximate surface area is 95.1 Å². The van der Waals surface area contributed by atoms with Crippen LogP contribution >= 0.6 is 0 Å². The van der Waals surface area contributed by atoms with Crippen molar-refractivity contribution in [2.45, 2.75) is 19.9 Å². The molecule has 0 aliphatic heterocycles. The number of anilines is 1. The summed E-state index contributed by atoms with van der Waals surface area (Å²) in [5.74, 6) is 0. The SMILES string of the molecule is Cc1ccc2nc(N(C)C(C)CN)oc2c1. The molecular formula is C12H17N3O. The van der Waals surface area contributed by atoms with Gasteiger partial charge in [-0.15, -0.1) is 0 Å². The van der Waals surface area contributed by atoms with Gasteiger partial charge in [0.05, 0.1) is 0 Å². The Balaban J connectivity index is 2.39. The normalized spacial score (nSPS) is 13.0. The maximum atomic E-state index is 5.69. The standard InChI is InChI=1S/C12H17N3O/c1-8-4-5-10-11(6-8)16-12(14-10)15(3)9(2)7-13/h4-6,9H,7,13H2,1-3H3. The summed E-state index contributed by atoms with van der Waals surface area (Å²) in [7, 11) is 1.94. The molecule has 0 aliphatic rings. The van der Waals surface area contributed by atoms with Gasteiger partial charge in [0, 0.05) is 19.6 Å². The minimum atomic E-state index is 0.217. The van der Waals surface area contributed by atoms with Crippen LogP contribution in [0.15, 0.2) is 22.6 Å². The topological polar surface area (TPSA) is 55.3 Å². The number of oxazole rings is 1. The first-order valence-corrected chi connectivity index (χ1v) is 5.42. The van der Waals surface area contributed by atoms with Gasteiger partial charge in [-0.05, 0) is 31.5 Å². The number of rotatable bonds is 3. The maximum Gasteiger partial charge on any atom is 0.298 e. The summed E-state index contributed by atoms with van der Waals surface area (Å²) in [4.78, 5) is 6.38. The molecule has 2 rings (SSSR count). The van der Waals surface area contributed by atoms with Crippen LogP contribution in [0.3, 0.4) is 0 Å². The Bertz CT molecular complexity index is 492. The third-order valence-corrected chi connectivity index (χ3v) is 2.84. The Hall–Kier alpha value is -1.55. The van der Waals surface area contributed by atoms with Gasteiger partial charge in [0.25, 0.3) is 6.01 Å². The molecular weight excluding hydrogens is 202 g/mol. The highest BCUT2D eigenvalue weighted by Crippen LogP contribution is 2.22. The molecule has 1 atom stereocenters. The zero-order valence-electron chi connectivity index (χ0n) is 9.90. The maximum absolute atomic E-state index is 5.69. The van der Waals surface area contributed by atoms with Crippen LogP contribution in [0.25, 0.3) is 11.1 Å². The molecule has 0 spiro atoms. The van der Waals surface area contributed by atoms with Crippen molar-refractivity contribution in [1.29, 1.82) is 0 Å². The van der Waals surface area contributed by atoms with E-state index in [-0.39, 0.29) is 6.04 Å². The van der Waals surface area contributed by atoms with E-state index in [0.717, 1.165) is 11.1 Å². The van der Waals surface area contributed by atoms with Crippen molar-refractivity contribution in [2.24, 2.45) is 5.73 Å². The molecule has 0 saturated heterocycles. The van der Waals surface area contributed by atoms with Crippen molar-refractivity contribution in [3.63, 3.8) is 0 Å². The Morgan fingerprint density at radius 2 is 2.25 bits per heavy atom. The quantitative estimate of drug-likeness (QED) is 0.856. The van der Waals surface area contributed by atoms with E-state index in [2.05, 4.69) is 4.98 Å². The summed E-state index contributed by atoms with van der Waals surface area (Å²) in [6.45, 7) is 4.65. The summed E-state index contributed by atoms with van der Waals surface area (Å²) in [5, 5.41) is 0. The Kier molecular flexibility index (Phi) is 2.83. The van der Waals surface area contributed by atoms with Crippen molar-refractivity contribution in [3.8, 4) is 0 Å². The minimum Gasteiger partial charge on any atom is -0.423 e. The zero-order valence-corrected chi connectivity index (χ0v) is 9.90. The fourth-order valence-electron chi connectivity index (χ4n) is 1.52. The first-order chi connectivity index (χ1) is 7.61. The van der Waals surface area contributed by atoms with Crippen molar-refractivity contribution in [3.05, 3.63) is 23.8 Å². The second-order valence-electron chi connectivity index (χ2n) is 4.16. The number of hydrogen-bond acceptors (Lipinski definition) is 4. The predicted molar refractivity (Wildman–Crippen MR) is 65.7 cm³/mol. The number of likely N-dealkylation sites (N-methyl/N-ethyl adjacent to an activating group) is 1. The molecule has 1 heterocycles. The number of benzene rings is 1. The van der Waals surface area contributed by atoms with E-state index in [1.807, 2.05) is 44.0 Å². The van der Waals surface area contributed by atoms with Crippen LogP contribution in [-0.4, -0.2) is 24.6 Å². The molecule has 4 heteroatoms. The highest BCUT2D eigenvalue weighted by Gasteiger charge is 2.14. The molecule has 0 aliphatic carbocycles. The molecule has 4 nitrogen and oxygen atoms in total. The van der Waals surface area contributed by atoms with Gasteiger partial charge in [0.2, 0.25) is 0 Å². The molecule has 0 fully saturated rings. The molecule has 0 bridgehead atoms. The van der Waals surface area contributed by atoms with Gasteiger partial charge in [-0.3, -0.25) is 0 Å². The van der Waals surface area contributed by atoms with Crippen LogP contribution in [0.4, 0.5) is 6.01 Å². The molecule has 2 aromatic rings. The van der Waals surface area contributed by atoms with Crippen molar-refractivity contribution < 1.29 is 4.42 Å². The first-order valence-electron chi connectivity index (χ1n) is 5.42. The van der Waals surface area contributed by atoms with Gasteiger partial charge in [0.1, 0.15) is 5.52 Å². The lowest BCUT2D eigenvalue weighted by molar-refractivity contribution is 0.551. The smallest absolute Gasteiger partial charge is 0.298 e. The molecule has 1 unspecified atom stereocenters. The molecule has 0 amide bonds. The molecule has 1 aromatic heterocycles. The monoisotopic (exact) mass is 219 g/mol. The van der Waals surface area contributed by atoms with E-state index in [9.17, 15) is 0 Å². The number of hydrogen-bond donors (Lipinski definition) is 1. The van der Waals surface area contributed by atoms with Crippen molar-refractivity contribution in [1.82, 2.24) is 4.98 Å².